The Kier molecular flexibility index (Phi) is 6.58. The lowest BCUT2D eigenvalue weighted by Crippen LogP contribution is -2.19. The van der Waals surface area contributed by atoms with Crippen molar-refractivity contribution in [3.8, 4) is 5.75 Å². The zero-order valence-electron chi connectivity index (χ0n) is 14.8. The summed E-state index contributed by atoms with van der Waals surface area (Å²) in [5.74, 6) is -0.748. The molecule has 5 heteroatoms. The van der Waals surface area contributed by atoms with Gasteiger partial charge in [0.05, 0.1) is 7.11 Å². The number of aryl methyl sites for hydroxylation is 3. The molecule has 0 N–H and O–H groups in total. The highest BCUT2D eigenvalue weighted by atomic mass is 127. The Morgan fingerprint density at radius 2 is 1.84 bits per heavy atom. The van der Waals surface area contributed by atoms with Crippen molar-refractivity contribution >= 4 is 34.3 Å². The molecule has 0 saturated heterocycles. The van der Waals surface area contributed by atoms with Gasteiger partial charge in [-0.3, -0.25) is 4.79 Å². The summed E-state index contributed by atoms with van der Waals surface area (Å²) in [5.41, 5.74) is 4.53. The molecule has 2 aromatic carbocycles. The number of Topliss-reactive ketones (excluding diaryl/α,β-unsaturated/α-hetero) is 1. The summed E-state index contributed by atoms with van der Waals surface area (Å²) in [5, 5.41) is 0. The Morgan fingerprint density at radius 3 is 2.48 bits per heavy atom. The van der Waals surface area contributed by atoms with Crippen LogP contribution in [-0.2, 0) is 22.6 Å². The molecule has 0 atom stereocenters. The SMILES string of the molecule is CCc1cc(C)c(OCc2c(I)cccc2C(=O)C(=O)OC)cc1C. The van der Waals surface area contributed by atoms with Gasteiger partial charge in [0.2, 0.25) is 0 Å². The first-order valence-corrected chi connectivity index (χ1v) is 9.09. The van der Waals surface area contributed by atoms with E-state index in [-0.39, 0.29) is 6.61 Å². The predicted molar refractivity (Wildman–Crippen MR) is 105 cm³/mol. The molecular weight excluding hydrogens is 431 g/mol. The monoisotopic (exact) mass is 452 g/mol. The number of ketones is 1. The number of ether oxygens (including phenoxy) is 2. The normalized spacial score (nSPS) is 10.4. The fourth-order valence-electron chi connectivity index (χ4n) is 2.66. The second kappa shape index (κ2) is 8.47. The number of halogens is 1. The minimum Gasteiger partial charge on any atom is -0.489 e. The summed E-state index contributed by atoms with van der Waals surface area (Å²) < 4.78 is 11.4. The van der Waals surface area contributed by atoms with E-state index in [2.05, 4.69) is 47.2 Å². The lowest BCUT2D eigenvalue weighted by molar-refractivity contribution is -0.135. The van der Waals surface area contributed by atoms with Gasteiger partial charge in [-0.1, -0.05) is 25.1 Å². The number of esters is 1. The molecule has 0 bridgehead atoms. The maximum atomic E-state index is 12.2. The molecule has 132 valence electrons. The first kappa shape index (κ1) is 19.4. The molecule has 2 aromatic rings. The second-order valence-corrected chi connectivity index (χ2v) is 6.94. The van der Waals surface area contributed by atoms with Gasteiger partial charge in [-0.15, -0.1) is 0 Å². The fraction of sp³-hybridized carbons (Fsp3) is 0.300. The molecule has 0 unspecified atom stereocenters. The van der Waals surface area contributed by atoms with Crippen LogP contribution in [0.15, 0.2) is 30.3 Å². The lowest BCUT2D eigenvalue weighted by atomic mass is 10.0. The highest BCUT2D eigenvalue weighted by Crippen LogP contribution is 2.26. The van der Waals surface area contributed by atoms with Crippen LogP contribution in [0.2, 0.25) is 0 Å². The van der Waals surface area contributed by atoms with Crippen LogP contribution in [0, 0.1) is 17.4 Å². The van der Waals surface area contributed by atoms with Gasteiger partial charge in [-0.05, 0) is 71.7 Å². The predicted octanol–water partition coefficient (Wildman–Crippen LogP) is 4.41. The van der Waals surface area contributed by atoms with Crippen molar-refractivity contribution < 1.29 is 19.1 Å². The number of methoxy groups -OCH3 is 1. The Bertz CT molecular complexity index is 812. The van der Waals surface area contributed by atoms with Crippen LogP contribution >= 0.6 is 22.6 Å². The number of rotatable bonds is 6. The molecule has 0 radical (unpaired) electrons. The maximum absolute atomic E-state index is 12.2. The fourth-order valence-corrected chi connectivity index (χ4v) is 3.31. The molecule has 0 amide bonds. The minimum absolute atomic E-state index is 0.211. The number of benzene rings is 2. The van der Waals surface area contributed by atoms with Crippen molar-refractivity contribution in [3.05, 3.63) is 61.7 Å². The number of hydrogen-bond acceptors (Lipinski definition) is 4. The maximum Gasteiger partial charge on any atom is 0.379 e. The Labute approximate surface area is 161 Å². The van der Waals surface area contributed by atoms with Crippen molar-refractivity contribution in [1.82, 2.24) is 0 Å². The standard InChI is InChI=1S/C20H21IO4/c1-5-14-9-13(3)18(10-12(14)2)25-11-16-15(7-6-8-17(16)21)19(22)20(23)24-4/h6-10H,5,11H2,1-4H3. The first-order chi connectivity index (χ1) is 11.9. The van der Waals surface area contributed by atoms with Crippen molar-refractivity contribution in [2.45, 2.75) is 33.8 Å². The summed E-state index contributed by atoms with van der Waals surface area (Å²) in [6.07, 6.45) is 0.974. The average Bonchev–Trinajstić information content (AvgIpc) is 2.61. The summed E-state index contributed by atoms with van der Waals surface area (Å²) in [6, 6.07) is 9.39. The van der Waals surface area contributed by atoms with Crippen LogP contribution < -0.4 is 4.74 Å². The van der Waals surface area contributed by atoms with Gasteiger partial charge in [0.15, 0.2) is 0 Å². The number of carbonyl (C=O) groups excluding carboxylic acids is 2. The molecule has 0 aliphatic rings. The third-order valence-corrected chi connectivity index (χ3v) is 5.13. The van der Waals surface area contributed by atoms with Crippen LogP contribution in [0.4, 0.5) is 0 Å². The quantitative estimate of drug-likeness (QED) is 0.282. The molecule has 0 fully saturated rings. The number of hydrogen-bond donors (Lipinski definition) is 0. The third kappa shape index (κ3) is 4.39. The van der Waals surface area contributed by atoms with Gasteiger partial charge in [0, 0.05) is 14.7 Å². The van der Waals surface area contributed by atoms with Crippen molar-refractivity contribution in [1.29, 1.82) is 0 Å². The highest BCUT2D eigenvalue weighted by molar-refractivity contribution is 14.1. The van der Waals surface area contributed by atoms with Gasteiger partial charge >= 0.3 is 5.97 Å². The third-order valence-electron chi connectivity index (χ3n) is 4.12. The Balaban J connectivity index is 2.31. The molecule has 0 saturated carbocycles. The smallest absolute Gasteiger partial charge is 0.379 e. The molecule has 4 nitrogen and oxygen atoms in total. The molecule has 0 aliphatic heterocycles. The molecule has 2 rings (SSSR count). The van der Waals surface area contributed by atoms with Crippen LogP contribution in [-0.4, -0.2) is 18.9 Å². The van der Waals surface area contributed by atoms with Crippen LogP contribution in [0.3, 0.4) is 0 Å². The minimum atomic E-state index is -0.873. The molecule has 25 heavy (non-hydrogen) atoms. The van der Waals surface area contributed by atoms with Crippen molar-refractivity contribution in [2.75, 3.05) is 7.11 Å². The van der Waals surface area contributed by atoms with E-state index in [1.807, 2.05) is 19.1 Å². The molecule has 0 heterocycles. The number of carbonyl (C=O) groups is 2. The van der Waals surface area contributed by atoms with Gasteiger partial charge in [-0.2, -0.15) is 0 Å². The van der Waals surface area contributed by atoms with Crippen LogP contribution in [0.1, 0.15) is 39.5 Å². The highest BCUT2D eigenvalue weighted by Gasteiger charge is 2.22. The van der Waals surface area contributed by atoms with Crippen molar-refractivity contribution in [2.24, 2.45) is 0 Å². The van der Waals surface area contributed by atoms with Gasteiger partial charge in [0.25, 0.3) is 5.78 Å². The van der Waals surface area contributed by atoms with E-state index < -0.39 is 11.8 Å². The van der Waals surface area contributed by atoms with E-state index in [1.54, 1.807) is 12.1 Å². The second-order valence-electron chi connectivity index (χ2n) is 5.77. The summed E-state index contributed by atoms with van der Waals surface area (Å²) in [7, 11) is 1.20. The van der Waals surface area contributed by atoms with E-state index in [4.69, 9.17) is 4.74 Å². The van der Waals surface area contributed by atoms with Crippen LogP contribution in [0.5, 0.6) is 5.75 Å². The topological polar surface area (TPSA) is 52.6 Å². The van der Waals surface area contributed by atoms with Gasteiger partial charge in [-0.25, -0.2) is 4.79 Å². The zero-order chi connectivity index (χ0) is 18.6. The van der Waals surface area contributed by atoms with Crippen LogP contribution in [0.25, 0.3) is 0 Å². The van der Waals surface area contributed by atoms with E-state index >= 15 is 0 Å². The largest absolute Gasteiger partial charge is 0.489 e. The van der Waals surface area contributed by atoms with E-state index in [9.17, 15) is 9.59 Å². The molecule has 0 aromatic heterocycles. The zero-order valence-corrected chi connectivity index (χ0v) is 17.0. The van der Waals surface area contributed by atoms with Gasteiger partial charge in [0.1, 0.15) is 12.4 Å². The summed E-state index contributed by atoms with van der Waals surface area (Å²) >= 11 is 2.14. The Morgan fingerprint density at radius 1 is 1.12 bits per heavy atom. The van der Waals surface area contributed by atoms with E-state index in [0.717, 1.165) is 21.3 Å². The lowest BCUT2D eigenvalue weighted by Gasteiger charge is -2.15. The first-order valence-electron chi connectivity index (χ1n) is 8.02. The average molecular weight is 452 g/mol. The molecular formula is C20H21IO4. The molecule has 0 aliphatic carbocycles. The van der Waals surface area contributed by atoms with Gasteiger partial charge < -0.3 is 9.47 Å². The van der Waals surface area contributed by atoms with E-state index in [0.29, 0.717) is 11.1 Å². The molecule has 0 spiro atoms. The van der Waals surface area contributed by atoms with E-state index in [1.165, 1.54) is 18.2 Å². The Hall–Kier alpha value is -1.89. The summed E-state index contributed by atoms with van der Waals surface area (Å²) in [6.45, 7) is 6.40. The summed E-state index contributed by atoms with van der Waals surface area (Å²) in [4.78, 5) is 23.8. The van der Waals surface area contributed by atoms with Crippen molar-refractivity contribution in [3.63, 3.8) is 0 Å².